The van der Waals surface area contributed by atoms with Crippen LogP contribution in [0.15, 0.2) is 24.3 Å². The molecule has 0 atom stereocenters. The summed E-state index contributed by atoms with van der Waals surface area (Å²) in [5.41, 5.74) is 1.81. The van der Waals surface area contributed by atoms with Crippen LogP contribution in [0.4, 0.5) is 10.5 Å². The summed E-state index contributed by atoms with van der Waals surface area (Å²) in [5, 5.41) is 5.54. The molecule has 1 aliphatic rings. The average Bonchev–Trinajstić information content (AvgIpc) is 2.91. The third kappa shape index (κ3) is 5.04. The molecule has 1 heterocycles. The molecule has 0 aliphatic carbocycles. The summed E-state index contributed by atoms with van der Waals surface area (Å²) in [7, 11) is 1.64. The minimum Gasteiger partial charge on any atom is -0.385 e. The minimum absolute atomic E-state index is 0.220. The number of urea groups is 1. The molecule has 2 N–H and O–H groups in total. The summed E-state index contributed by atoms with van der Waals surface area (Å²) in [6.07, 6.45) is 2.39. The van der Waals surface area contributed by atoms with Gasteiger partial charge in [-0.05, 0) is 30.5 Å². The largest absolute Gasteiger partial charge is 0.385 e. The molecule has 0 saturated carbocycles. The molecule has 0 radical (unpaired) electrons. The third-order valence-electron chi connectivity index (χ3n) is 3.57. The molecule has 6 heteroatoms. The summed E-state index contributed by atoms with van der Waals surface area (Å²) in [5.74, 6) is 0.220. The highest BCUT2D eigenvalue weighted by atomic mass is 16.5. The van der Waals surface area contributed by atoms with Gasteiger partial charge < -0.3 is 20.3 Å². The zero-order valence-corrected chi connectivity index (χ0v) is 12.9. The average molecular weight is 305 g/mol. The Balaban J connectivity index is 1.76. The number of nitrogens with zero attached hydrogens (tertiary/aromatic N) is 1. The van der Waals surface area contributed by atoms with Crippen LogP contribution < -0.4 is 10.6 Å². The van der Waals surface area contributed by atoms with Crippen molar-refractivity contribution >= 4 is 17.6 Å². The second kappa shape index (κ2) is 8.38. The molecule has 1 aromatic rings. The topological polar surface area (TPSA) is 70.7 Å². The van der Waals surface area contributed by atoms with Crippen LogP contribution in [0.25, 0.3) is 0 Å². The Morgan fingerprint density at radius 3 is 2.73 bits per heavy atom. The molecule has 0 unspecified atom stereocenters. The van der Waals surface area contributed by atoms with Gasteiger partial charge in [-0.3, -0.25) is 4.79 Å². The first-order valence-electron chi connectivity index (χ1n) is 7.59. The minimum atomic E-state index is -0.224. The van der Waals surface area contributed by atoms with Crippen molar-refractivity contribution in [2.24, 2.45) is 0 Å². The van der Waals surface area contributed by atoms with Crippen molar-refractivity contribution in [1.29, 1.82) is 0 Å². The Labute approximate surface area is 130 Å². The molecule has 3 amide bonds. The van der Waals surface area contributed by atoms with Crippen LogP contribution in [0.2, 0.25) is 0 Å². The van der Waals surface area contributed by atoms with Gasteiger partial charge in [0.1, 0.15) is 0 Å². The van der Waals surface area contributed by atoms with Crippen LogP contribution in [-0.4, -0.2) is 43.6 Å². The first-order valence-corrected chi connectivity index (χ1v) is 7.59. The zero-order valence-electron chi connectivity index (χ0n) is 12.9. The second-order valence-corrected chi connectivity index (χ2v) is 5.34. The van der Waals surface area contributed by atoms with E-state index in [1.807, 2.05) is 29.2 Å². The lowest BCUT2D eigenvalue weighted by Crippen LogP contribution is -2.30. The Kier molecular flexibility index (Phi) is 6.21. The molecule has 120 valence electrons. The smallest absolute Gasteiger partial charge is 0.319 e. The van der Waals surface area contributed by atoms with E-state index in [0.717, 1.165) is 30.6 Å². The summed E-state index contributed by atoms with van der Waals surface area (Å²) in [6, 6.07) is 7.35. The van der Waals surface area contributed by atoms with Crippen LogP contribution >= 0.6 is 0 Å². The van der Waals surface area contributed by atoms with Crippen molar-refractivity contribution in [3.05, 3.63) is 29.8 Å². The Morgan fingerprint density at radius 2 is 2.09 bits per heavy atom. The van der Waals surface area contributed by atoms with Gasteiger partial charge in [0.05, 0.1) is 0 Å². The summed E-state index contributed by atoms with van der Waals surface area (Å²) < 4.78 is 4.92. The number of amides is 3. The predicted octanol–water partition coefficient (Wildman–Crippen LogP) is 1.97. The van der Waals surface area contributed by atoms with E-state index in [2.05, 4.69) is 10.6 Å². The fourth-order valence-electron chi connectivity index (χ4n) is 2.38. The van der Waals surface area contributed by atoms with E-state index in [0.29, 0.717) is 26.1 Å². The molecule has 6 nitrogen and oxygen atoms in total. The first kappa shape index (κ1) is 16.3. The number of carbonyl (C=O) groups is 2. The van der Waals surface area contributed by atoms with E-state index < -0.39 is 0 Å². The van der Waals surface area contributed by atoms with Gasteiger partial charge in [-0.2, -0.15) is 0 Å². The quantitative estimate of drug-likeness (QED) is 0.757. The molecule has 1 aliphatic heterocycles. The Morgan fingerprint density at radius 1 is 1.32 bits per heavy atom. The van der Waals surface area contributed by atoms with Crippen LogP contribution in [0.5, 0.6) is 0 Å². The summed E-state index contributed by atoms with van der Waals surface area (Å²) >= 11 is 0. The van der Waals surface area contributed by atoms with Crippen molar-refractivity contribution in [3.8, 4) is 0 Å². The fourth-order valence-corrected chi connectivity index (χ4v) is 2.38. The number of ether oxygens (including phenoxy) is 1. The molecular weight excluding hydrogens is 282 g/mol. The number of anilines is 1. The number of likely N-dealkylation sites (tertiary alicyclic amines) is 1. The summed E-state index contributed by atoms with van der Waals surface area (Å²) in [6.45, 7) is 2.68. The van der Waals surface area contributed by atoms with Crippen molar-refractivity contribution in [2.75, 3.05) is 32.1 Å². The van der Waals surface area contributed by atoms with Crippen LogP contribution in [0.3, 0.4) is 0 Å². The molecule has 0 bridgehead atoms. The van der Waals surface area contributed by atoms with Crippen molar-refractivity contribution in [3.63, 3.8) is 0 Å². The molecule has 1 fully saturated rings. The van der Waals surface area contributed by atoms with Crippen molar-refractivity contribution in [1.82, 2.24) is 10.2 Å². The van der Waals surface area contributed by atoms with Gasteiger partial charge in [0.15, 0.2) is 0 Å². The van der Waals surface area contributed by atoms with Crippen LogP contribution in [-0.2, 0) is 16.1 Å². The van der Waals surface area contributed by atoms with E-state index in [9.17, 15) is 9.59 Å². The normalized spacial score (nSPS) is 14.2. The lowest BCUT2D eigenvalue weighted by molar-refractivity contribution is -0.128. The molecule has 22 heavy (non-hydrogen) atoms. The highest BCUT2D eigenvalue weighted by Gasteiger charge is 2.19. The van der Waals surface area contributed by atoms with Gasteiger partial charge in [0.2, 0.25) is 5.91 Å². The summed E-state index contributed by atoms with van der Waals surface area (Å²) in [4.78, 5) is 25.1. The predicted molar refractivity (Wildman–Crippen MR) is 84.6 cm³/mol. The van der Waals surface area contributed by atoms with Gasteiger partial charge in [-0.15, -0.1) is 0 Å². The monoisotopic (exact) mass is 305 g/mol. The number of nitrogens with one attached hydrogen (secondary N) is 2. The standard InChI is InChI=1S/C16H23N3O3/c1-22-11-3-9-17-16(21)18-14-7-5-13(6-8-14)12-19-10-2-4-15(19)20/h5-8H,2-4,9-12H2,1H3,(H2,17,18,21). The second-order valence-electron chi connectivity index (χ2n) is 5.34. The number of hydrogen-bond donors (Lipinski definition) is 2. The van der Waals surface area contributed by atoms with E-state index in [-0.39, 0.29) is 11.9 Å². The maximum absolute atomic E-state index is 11.7. The maximum atomic E-state index is 11.7. The van der Waals surface area contributed by atoms with Gasteiger partial charge in [0, 0.05) is 45.5 Å². The van der Waals surface area contributed by atoms with Crippen molar-refractivity contribution < 1.29 is 14.3 Å². The Bertz CT molecular complexity index is 502. The molecule has 1 aromatic carbocycles. The SMILES string of the molecule is COCCCNC(=O)Nc1ccc(CN2CCCC2=O)cc1. The van der Waals surface area contributed by atoms with Crippen molar-refractivity contribution in [2.45, 2.75) is 25.8 Å². The number of rotatable bonds is 7. The number of methoxy groups -OCH3 is 1. The van der Waals surface area contributed by atoms with Gasteiger partial charge >= 0.3 is 6.03 Å². The van der Waals surface area contributed by atoms with E-state index in [1.54, 1.807) is 7.11 Å². The Hall–Kier alpha value is -2.08. The molecule has 0 aromatic heterocycles. The van der Waals surface area contributed by atoms with E-state index >= 15 is 0 Å². The molecular formula is C16H23N3O3. The molecule has 0 spiro atoms. The number of hydrogen-bond acceptors (Lipinski definition) is 3. The maximum Gasteiger partial charge on any atom is 0.319 e. The van der Waals surface area contributed by atoms with Crippen LogP contribution in [0, 0.1) is 0 Å². The van der Waals surface area contributed by atoms with Gasteiger partial charge in [0.25, 0.3) is 0 Å². The first-order chi connectivity index (χ1) is 10.7. The van der Waals surface area contributed by atoms with E-state index in [4.69, 9.17) is 4.74 Å². The molecule has 1 saturated heterocycles. The highest BCUT2D eigenvalue weighted by molar-refractivity contribution is 5.89. The number of benzene rings is 1. The number of carbonyl (C=O) groups excluding carboxylic acids is 2. The lowest BCUT2D eigenvalue weighted by atomic mass is 10.2. The van der Waals surface area contributed by atoms with Gasteiger partial charge in [-0.1, -0.05) is 12.1 Å². The van der Waals surface area contributed by atoms with Crippen LogP contribution in [0.1, 0.15) is 24.8 Å². The zero-order chi connectivity index (χ0) is 15.8. The fraction of sp³-hybridized carbons (Fsp3) is 0.500. The lowest BCUT2D eigenvalue weighted by Gasteiger charge is -2.15. The van der Waals surface area contributed by atoms with E-state index in [1.165, 1.54) is 0 Å². The van der Waals surface area contributed by atoms with Gasteiger partial charge in [-0.25, -0.2) is 4.79 Å². The highest BCUT2D eigenvalue weighted by Crippen LogP contribution is 2.16. The molecule has 2 rings (SSSR count). The third-order valence-corrected chi connectivity index (χ3v) is 3.57.